The highest BCUT2D eigenvalue weighted by atomic mass is 16.4. The summed E-state index contributed by atoms with van der Waals surface area (Å²) in [7, 11) is 1.38. The Labute approximate surface area is 118 Å². The van der Waals surface area contributed by atoms with E-state index in [1.54, 1.807) is 0 Å². The molecule has 0 heterocycles. The van der Waals surface area contributed by atoms with Crippen molar-refractivity contribution in [2.45, 2.75) is 18.9 Å². The van der Waals surface area contributed by atoms with Crippen molar-refractivity contribution >= 4 is 12.0 Å². The van der Waals surface area contributed by atoms with Gasteiger partial charge in [-0.05, 0) is 12.0 Å². The largest absolute Gasteiger partial charge is 0.465 e. The van der Waals surface area contributed by atoms with Crippen LogP contribution in [0.3, 0.4) is 0 Å². The summed E-state index contributed by atoms with van der Waals surface area (Å²) in [5, 5.41) is 20.4. The van der Waals surface area contributed by atoms with Crippen LogP contribution in [0.15, 0.2) is 30.3 Å². The Morgan fingerprint density at radius 3 is 2.50 bits per heavy atom. The van der Waals surface area contributed by atoms with Crippen LogP contribution in [-0.2, 0) is 11.2 Å². The lowest BCUT2D eigenvalue weighted by atomic mass is 10.0. The maximum atomic E-state index is 12.1. The van der Waals surface area contributed by atoms with Gasteiger partial charge in [0.1, 0.15) is 6.04 Å². The van der Waals surface area contributed by atoms with Crippen molar-refractivity contribution in [1.82, 2.24) is 10.2 Å². The molecule has 0 aromatic heterocycles. The number of aliphatic hydroxyl groups is 1. The first-order valence-corrected chi connectivity index (χ1v) is 6.44. The Kier molecular flexibility index (Phi) is 6.52. The lowest BCUT2D eigenvalue weighted by molar-refractivity contribution is -0.125. The highest BCUT2D eigenvalue weighted by molar-refractivity contribution is 5.85. The molecular formula is C14H20N2O4. The van der Waals surface area contributed by atoms with Crippen molar-refractivity contribution in [3.8, 4) is 0 Å². The van der Waals surface area contributed by atoms with Gasteiger partial charge in [-0.3, -0.25) is 9.69 Å². The Morgan fingerprint density at radius 1 is 1.30 bits per heavy atom. The number of nitrogens with zero attached hydrogens (tertiary/aromatic N) is 1. The topological polar surface area (TPSA) is 89.9 Å². The molecule has 6 heteroatoms. The maximum Gasteiger partial charge on any atom is 0.407 e. The van der Waals surface area contributed by atoms with Gasteiger partial charge < -0.3 is 15.5 Å². The lowest BCUT2D eigenvalue weighted by Gasteiger charge is -2.25. The average Bonchev–Trinajstić information content (AvgIpc) is 2.45. The zero-order valence-corrected chi connectivity index (χ0v) is 11.5. The van der Waals surface area contributed by atoms with Crippen LogP contribution in [0.1, 0.15) is 12.0 Å². The first-order chi connectivity index (χ1) is 9.56. The number of hydrogen-bond acceptors (Lipinski definition) is 3. The third-order valence-corrected chi connectivity index (χ3v) is 2.98. The van der Waals surface area contributed by atoms with Gasteiger partial charge in [-0.25, -0.2) is 4.79 Å². The first-order valence-electron chi connectivity index (χ1n) is 6.44. The van der Waals surface area contributed by atoms with E-state index >= 15 is 0 Å². The van der Waals surface area contributed by atoms with Crippen LogP contribution >= 0.6 is 0 Å². The first kappa shape index (κ1) is 16.0. The molecular weight excluding hydrogens is 260 g/mol. The summed E-state index contributed by atoms with van der Waals surface area (Å²) in [6, 6.07) is 8.47. The number of carboxylic acid groups (broad SMARTS) is 1. The molecule has 0 aliphatic carbocycles. The second-order valence-corrected chi connectivity index (χ2v) is 4.47. The molecule has 0 aliphatic heterocycles. The van der Waals surface area contributed by atoms with Gasteiger partial charge >= 0.3 is 6.09 Å². The minimum absolute atomic E-state index is 0.0155. The van der Waals surface area contributed by atoms with Crippen molar-refractivity contribution in [3.05, 3.63) is 35.9 Å². The van der Waals surface area contributed by atoms with Crippen molar-refractivity contribution in [3.63, 3.8) is 0 Å². The molecule has 0 radical (unpaired) electrons. The second-order valence-electron chi connectivity index (χ2n) is 4.47. The van der Waals surface area contributed by atoms with E-state index < -0.39 is 12.1 Å². The monoisotopic (exact) mass is 280 g/mol. The Balaban J connectivity index is 2.74. The molecule has 1 aromatic carbocycles. The summed E-state index contributed by atoms with van der Waals surface area (Å²) >= 11 is 0. The van der Waals surface area contributed by atoms with Crippen LogP contribution in [0, 0.1) is 0 Å². The summed E-state index contributed by atoms with van der Waals surface area (Å²) in [5.74, 6) is -0.354. The molecule has 3 N–H and O–H groups in total. The van der Waals surface area contributed by atoms with E-state index in [2.05, 4.69) is 5.32 Å². The van der Waals surface area contributed by atoms with Crippen LogP contribution in [0.4, 0.5) is 4.79 Å². The number of hydrogen-bond donors (Lipinski definition) is 3. The molecule has 0 fully saturated rings. The number of likely N-dealkylation sites (N-methyl/N-ethyl adjacent to an activating group) is 1. The highest BCUT2D eigenvalue weighted by Gasteiger charge is 2.26. The van der Waals surface area contributed by atoms with Crippen molar-refractivity contribution < 1.29 is 19.8 Å². The molecule has 0 bridgehead atoms. The number of amides is 2. The van der Waals surface area contributed by atoms with Crippen LogP contribution in [0.25, 0.3) is 0 Å². The van der Waals surface area contributed by atoms with E-state index in [1.165, 1.54) is 7.05 Å². The molecule has 20 heavy (non-hydrogen) atoms. The van der Waals surface area contributed by atoms with E-state index in [4.69, 9.17) is 10.2 Å². The highest BCUT2D eigenvalue weighted by Crippen LogP contribution is 2.08. The second kappa shape index (κ2) is 8.16. The maximum absolute atomic E-state index is 12.1. The number of carbonyl (C=O) groups excluding carboxylic acids is 1. The molecule has 0 saturated carbocycles. The van der Waals surface area contributed by atoms with Crippen molar-refractivity contribution in [1.29, 1.82) is 0 Å². The molecule has 0 spiro atoms. The quantitative estimate of drug-likeness (QED) is 0.642. The van der Waals surface area contributed by atoms with Gasteiger partial charge in [0, 0.05) is 26.6 Å². The Bertz CT molecular complexity index is 436. The summed E-state index contributed by atoms with van der Waals surface area (Å²) in [4.78, 5) is 24.1. The molecule has 110 valence electrons. The molecule has 6 nitrogen and oxygen atoms in total. The third kappa shape index (κ3) is 4.89. The number of aliphatic hydroxyl groups excluding tert-OH is 1. The van der Waals surface area contributed by atoms with Crippen molar-refractivity contribution in [2.75, 3.05) is 20.2 Å². The number of rotatable bonds is 7. The molecule has 1 aromatic rings. The van der Waals surface area contributed by atoms with Gasteiger partial charge in [0.2, 0.25) is 5.91 Å². The fourth-order valence-electron chi connectivity index (χ4n) is 1.78. The molecule has 0 aliphatic rings. The van der Waals surface area contributed by atoms with Gasteiger partial charge in [0.05, 0.1) is 0 Å². The van der Waals surface area contributed by atoms with Crippen molar-refractivity contribution in [2.24, 2.45) is 0 Å². The Morgan fingerprint density at radius 2 is 1.95 bits per heavy atom. The van der Waals surface area contributed by atoms with Gasteiger partial charge in [-0.15, -0.1) is 0 Å². The van der Waals surface area contributed by atoms with E-state index in [9.17, 15) is 9.59 Å². The number of carbonyl (C=O) groups is 2. The molecule has 1 atom stereocenters. The normalized spacial score (nSPS) is 11.7. The minimum Gasteiger partial charge on any atom is -0.465 e. The predicted molar refractivity (Wildman–Crippen MR) is 74.4 cm³/mol. The van der Waals surface area contributed by atoms with Crippen LogP contribution in [-0.4, -0.2) is 53.4 Å². The zero-order chi connectivity index (χ0) is 15.0. The SMILES string of the molecule is CN(C(=O)O)[C@H](Cc1ccccc1)C(=O)NCCCO. The standard InChI is InChI=1S/C14H20N2O4/c1-16(14(19)20)12(13(18)15-8-5-9-17)10-11-6-3-2-4-7-11/h2-4,6-7,12,17H,5,8-10H2,1H3,(H,15,18)(H,19,20)/t12-/m1/s1. The smallest absolute Gasteiger partial charge is 0.407 e. The van der Waals surface area contributed by atoms with Crippen LogP contribution in [0.5, 0.6) is 0 Å². The summed E-state index contributed by atoms with van der Waals surface area (Å²) in [6.45, 7) is 0.312. The van der Waals surface area contributed by atoms with Gasteiger partial charge in [0.15, 0.2) is 0 Å². The van der Waals surface area contributed by atoms with Gasteiger partial charge in [-0.2, -0.15) is 0 Å². The summed E-state index contributed by atoms with van der Waals surface area (Å²) in [6.07, 6.45) is -0.391. The molecule has 0 unspecified atom stereocenters. The predicted octanol–water partition coefficient (Wildman–Crippen LogP) is 0.706. The van der Waals surface area contributed by atoms with E-state index in [0.29, 0.717) is 19.4 Å². The van der Waals surface area contributed by atoms with E-state index in [1.807, 2.05) is 30.3 Å². The fraction of sp³-hybridized carbons (Fsp3) is 0.429. The van der Waals surface area contributed by atoms with E-state index in [-0.39, 0.29) is 12.5 Å². The molecule has 2 amide bonds. The number of benzene rings is 1. The fourth-order valence-corrected chi connectivity index (χ4v) is 1.78. The van der Waals surface area contributed by atoms with Crippen LogP contribution in [0.2, 0.25) is 0 Å². The lowest BCUT2D eigenvalue weighted by Crippen LogP contribution is -2.48. The number of nitrogens with one attached hydrogen (secondary N) is 1. The molecule has 0 saturated heterocycles. The average molecular weight is 280 g/mol. The summed E-state index contributed by atoms with van der Waals surface area (Å²) < 4.78 is 0. The zero-order valence-electron chi connectivity index (χ0n) is 11.5. The summed E-state index contributed by atoms with van der Waals surface area (Å²) in [5.41, 5.74) is 0.892. The van der Waals surface area contributed by atoms with Gasteiger partial charge in [0.25, 0.3) is 0 Å². The van der Waals surface area contributed by atoms with Gasteiger partial charge in [-0.1, -0.05) is 30.3 Å². The minimum atomic E-state index is -1.15. The molecule has 1 rings (SSSR count). The third-order valence-electron chi connectivity index (χ3n) is 2.98. The van der Waals surface area contributed by atoms with E-state index in [0.717, 1.165) is 10.5 Å². The Hall–Kier alpha value is -2.08. The van der Waals surface area contributed by atoms with Crippen LogP contribution < -0.4 is 5.32 Å².